The van der Waals surface area contributed by atoms with Crippen molar-refractivity contribution in [2.75, 3.05) is 43.4 Å². The SMILES string of the molecule is CC1CCC(n2cc(NC(=O)c3cnn4ccc(N5CCN(C)CC5)nc34)c(C(F)F)n2)CC1. The summed E-state index contributed by atoms with van der Waals surface area (Å²) in [4.78, 5) is 22.2. The third-order valence-corrected chi connectivity index (χ3v) is 7.00. The first-order chi connectivity index (χ1) is 16.4. The summed E-state index contributed by atoms with van der Waals surface area (Å²) < 4.78 is 30.6. The minimum absolute atomic E-state index is 0.0354. The van der Waals surface area contributed by atoms with Crippen LogP contribution in [0.1, 0.15) is 61.1 Å². The van der Waals surface area contributed by atoms with E-state index in [9.17, 15) is 13.6 Å². The predicted molar refractivity (Wildman–Crippen MR) is 125 cm³/mol. The van der Waals surface area contributed by atoms with Crippen LogP contribution in [0, 0.1) is 5.92 Å². The number of piperazine rings is 1. The lowest BCUT2D eigenvalue weighted by Gasteiger charge is -2.33. The lowest BCUT2D eigenvalue weighted by atomic mass is 9.87. The monoisotopic (exact) mass is 472 g/mol. The molecule has 0 bridgehead atoms. The Hall–Kier alpha value is -3.08. The van der Waals surface area contributed by atoms with E-state index in [0.717, 1.165) is 57.7 Å². The number of anilines is 2. The number of aromatic nitrogens is 5. The Bertz CT molecular complexity index is 1160. The van der Waals surface area contributed by atoms with Crippen LogP contribution in [0.5, 0.6) is 0 Å². The molecule has 9 nitrogen and oxygen atoms in total. The van der Waals surface area contributed by atoms with Crippen molar-refractivity contribution in [1.82, 2.24) is 29.3 Å². The summed E-state index contributed by atoms with van der Waals surface area (Å²) in [7, 11) is 2.08. The average molecular weight is 473 g/mol. The summed E-state index contributed by atoms with van der Waals surface area (Å²) >= 11 is 0. The van der Waals surface area contributed by atoms with Crippen LogP contribution in [0.4, 0.5) is 20.3 Å². The molecule has 1 N–H and O–H groups in total. The van der Waals surface area contributed by atoms with E-state index < -0.39 is 18.0 Å². The Balaban J connectivity index is 1.38. The van der Waals surface area contributed by atoms with E-state index >= 15 is 0 Å². The number of carbonyl (C=O) groups is 1. The van der Waals surface area contributed by atoms with Gasteiger partial charge in [-0.25, -0.2) is 18.3 Å². The number of halogens is 2. The fourth-order valence-corrected chi connectivity index (χ4v) is 4.78. The summed E-state index contributed by atoms with van der Waals surface area (Å²) in [6.45, 7) is 5.74. The first-order valence-corrected chi connectivity index (χ1v) is 11.9. The van der Waals surface area contributed by atoms with Gasteiger partial charge in [-0.2, -0.15) is 10.2 Å². The molecule has 1 saturated carbocycles. The van der Waals surface area contributed by atoms with Crippen molar-refractivity contribution in [1.29, 1.82) is 0 Å². The van der Waals surface area contributed by atoms with Crippen LogP contribution in [-0.4, -0.2) is 68.4 Å². The fourth-order valence-electron chi connectivity index (χ4n) is 4.78. The maximum absolute atomic E-state index is 13.7. The van der Waals surface area contributed by atoms with Gasteiger partial charge < -0.3 is 15.1 Å². The van der Waals surface area contributed by atoms with E-state index in [4.69, 9.17) is 0 Å². The summed E-state index contributed by atoms with van der Waals surface area (Å²) in [6.07, 6.45) is 5.80. The van der Waals surface area contributed by atoms with Crippen LogP contribution in [0.2, 0.25) is 0 Å². The zero-order valence-electron chi connectivity index (χ0n) is 19.5. The smallest absolute Gasteiger partial charge is 0.284 e. The van der Waals surface area contributed by atoms with Crippen molar-refractivity contribution < 1.29 is 13.6 Å². The van der Waals surface area contributed by atoms with Crippen LogP contribution in [0.25, 0.3) is 5.65 Å². The minimum atomic E-state index is -2.79. The highest BCUT2D eigenvalue weighted by molar-refractivity contribution is 6.08. The first-order valence-electron chi connectivity index (χ1n) is 11.9. The van der Waals surface area contributed by atoms with Crippen LogP contribution in [0.15, 0.2) is 24.7 Å². The van der Waals surface area contributed by atoms with Crippen molar-refractivity contribution in [2.45, 2.75) is 45.1 Å². The van der Waals surface area contributed by atoms with Gasteiger partial charge >= 0.3 is 0 Å². The summed E-state index contributed by atoms with van der Waals surface area (Å²) in [5.74, 6) is 0.874. The topological polar surface area (TPSA) is 83.6 Å². The molecular formula is C23H30F2N8O. The standard InChI is InChI=1S/C23H30F2N8O/c1-15-3-5-16(6-4-15)33-14-18(20(29-33)21(24)25)27-23(34)17-13-26-32-8-7-19(28-22(17)32)31-11-9-30(2)10-12-31/h7-8,13-16,21H,3-6,9-12H2,1-2H3,(H,27,34). The van der Waals surface area contributed by atoms with Crippen LogP contribution < -0.4 is 10.2 Å². The Morgan fingerprint density at radius 1 is 1.15 bits per heavy atom. The molecule has 0 unspecified atom stereocenters. The molecule has 1 aliphatic carbocycles. The lowest BCUT2D eigenvalue weighted by Crippen LogP contribution is -2.44. The van der Waals surface area contributed by atoms with Gasteiger partial charge in [-0.05, 0) is 44.7 Å². The average Bonchev–Trinajstić information content (AvgIpc) is 3.44. The van der Waals surface area contributed by atoms with E-state index in [1.165, 1.54) is 16.9 Å². The van der Waals surface area contributed by atoms with E-state index in [-0.39, 0.29) is 17.3 Å². The summed E-state index contributed by atoms with van der Waals surface area (Å²) in [6, 6.07) is 1.95. The molecule has 34 heavy (non-hydrogen) atoms. The van der Waals surface area contributed by atoms with Crippen LogP contribution >= 0.6 is 0 Å². The zero-order chi connectivity index (χ0) is 23.8. The molecule has 3 aromatic heterocycles. The number of nitrogens with one attached hydrogen (secondary N) is 1. The summed E-state index contributed by atoms with van der Waals surface area (Å²) in [5, 5.41) is 11.0. The highest BCUT2D eigenvalue weighted by Gasteiger charge is 2.27. The molecule has 0 radical (unpaired) electrons. The number of carbonyl (C=O) groups excluding carboxylic acids is 1. The molecule has 5 rings (SSSR count). The lowest BCUT2D eigenvalue weighted by molar-refractivity contribution is 0.102. The Kier molecular flexibility index (Phi) is 6.20. The molecule has 0 atom stereocenters. The van der Waals surface area contributed by atoms with E-state index in [1.807, 2.05) is 6.07 Å². The Labute approximate surface area is 196 Å². The molecule has 0 aromatic carbocycles. The van der Waals surface area contributed by atoms with Gasteiger partial charge in [0.25, 0.3) is 12.3 Å². The summed E-state index contributed by atoms with van der Waals surface area (Å²) in [5.41, 5.74) is 0.249. The highest BCUT2D eigenvalue weighted by atomic mass is 19.3. The molecule has 1 amide bonds. The first kappa shape index (κ1) is 22.7. The highest BCUT2D eigenvalue weighted by Crippen LogP contribution is 2.34. The van der Waals surface area contributed by atoms with Gasteiger partial charge in [0.05, 0.1) is 17.9 Å². The Morgan fingerprint density at radius 2 is 1.88 bits per heavy atom. The van der Waals surface area contributed by atoms with Crippen molar-refractivity contribution in [3.8, 4) is 0 Å². The molecule has 2 fully saturated rings. The van der Waals surface area contributed by atoms with Gasteiger partial charge in [-0.1, -0.05) is 6.92 Å². The molecule has 2 aliphatic rings. The number of hydrogen-bond donors (Lipinski definition) is 1. The van der Waals surface area contributed by atoms with Crippen molar-refractivity contribution >= 4 is 23.1 Å². The number of hydrogen-bond acceptors (Lipinski definition) is 6. The second-order valence-electron chi connectivity index (χ2n) is 9.48. The fraction of sp³-hybridized carbons (Fsp3) is 0.565. The van der Waals surface area contributed by atoms with Gasteiger partial charge in [-0.15, -0.1) is 0 Å². The quantitative estimate of drug-likeness (QED) is 0.611. The second kappa shape index (κ2) is 9.28. The number of rotatable bonds is 5. The van der Waals surface area contributed by atoms with E-state index in [2.05, 4.69) is 44.3 Å². The zero-order valence-corrected chi connectivity index (χ0v) is 19.5. The number of likely N-dealkylation sites (N-methyl/N-ethyl adjacent to an activating group) is 1. The third-order valence-electron chi connectivity index (χ3n) is 7.00. The predicted octanol–water partition coefficient (Wildman–Crippen LogP) is 3.62. The molecule has 11 heteroatoms. The number of alkyl halides is 2. The van der Waals surface area contributed by atoms with Gasteiger partial charge in [-0.3, -0.25) is 9.48 Å². The maximum atomic E-state index is 13.7. The third kappa shape index (κ3) is 4.48. The van der Waals surface area contributed by atoms with E-state index in [0.29, 0.717) is 11.6 Å². The second-order valence-corrected chi connectivity index (χ2v) is 9.48. The van der Waals surface area contributed by atoms with Crippen molar-refractivity contribution in [3.05, 3.63) is 35.9 Å². The molecule has 1 aliphatic heterocycles. The number of amides is 1. The molecule has 1 saturated heterocycles. The molecular weight excluding hydrogens is 442 g/mol. The van der Waals surface area contributed by atoms with Crippen molar-refractivity contribution in [3.63, 3.8) is 0 Å². The minimum Gasteiger partial charge on any atom is -0.354 e. The van der Waals surface area contributed by atoms with Crippen LogP contribution in [0.3, 0.4) is 0 Å². The molecule has 4 heterocycles. The maximum Gasteiger partial charge on any atom is 0.284 e. The van der Waals surface area contributed by atoms with Gasteiger partial charge in [0, 0.05) is 38.6 Å². The Morgan fingerprint density at radius 3 is 2.59 bits per heavy atom. The molecule has 3 aromatic rings. The number of fused-ring (bicyclic) bond motifs is 1. The van der Waals surface area contributed by atoms with Crippen molar-refractivity contribution in [2.24, 2.45) is 5.92 Å². The normalized spacial score (nSPS) is 22.0. The van der Waals surface area contributed by atoms with Gasteiger partial charge in [0.2, 0.25) is 0 Å². The largest absolute Gasteiger partial charge is 0.354 e. The number of nitrogens with zero attached hydrogens (tertiary/aromatic N) is 7. The van der Waals surface area contributed by atoms with Crippen LogP contribution in [-0.2, 0) is 0 Å². The van der Waals surface area contributed by atoms with Gasteiger partial charge in [0.15, 0.2) is 11.3 Å². The molecule has 0 spiro atoms. The van der Waals surface area contributed by atoms with E-state index in [1.54, 1.807) is 10.9 Å². The van der Waals surface area contributed by atoms with Gasteiger partial charge in [0.1, 0.15) is 11.4 Å². The molecule has 182 valence electrons.